The molecule has 0 aliphatic heterocycles. The number of nitrogens with zero attached hydrogens (tertiary/aromatic N) is 1. The molecule has 0 spiro atoms. The molecule has 0 radical (unpaired) electrons. The summed E-state index contributed by atoms with van der Waals surface area (Å²) in [5, 5.41) is -0.904. The van der Waals surface area contributed by atoms with Gasteiger partial charge in [0.05, 0.1) is 0 Å². The number of alkyl halides is 2. The molecule has 7 heteroatoms. The van der Waals surface area contributed by atoms with Crippen molar-refractivity contribution in [3.63, 3.8) is 0 Å². The minimum Gasteiger partial charge on any atom is -0.433 e. The van der Waals surface area contributed by atoms with Gasteiger partial charge in [-0.1, -0.05) is 6.07 Å². The summed E-state index contributed by atoms with van der Waals surface area (Å²) < 4.78 is 33.2. The van der Waals surface area contributed by atoms with Crippen LogP contribution in [0.15, 0.2) is 22.6 Å². The summed E-state index contributed by atoms with van der Waals surface area (Å²) in [6.07, 6.45) is 0. The van der Waals surface area contributed by atoms with Gasteiger partial charge in [-0.05, 0) is 23.7 Å². The standard InChI is InChI=1S/C9H4ClF2NO3/c10-7(14)8-13-6-4(15-8)2-1-3-5(6)16-9(11)12/h1-3,9H. The molecule has 0 unspecified atom stereocenters. The van der Waals surface area contributed by atoms with Crippen LogP contribution in [-0.4, -0.2) is 16.8 Å². The van der Waals surface area contributed by atoms with Gasteiger partial charge in [-0.15, -0.1) is 0 Å². The van der Waals surface area contributed by atoms with Crippen molar-refractivity contribution < 1.29 is 22.7 Å². The quantitative estimate of drug-likeness (QED) is 0.783. The number of halogens is 3. The summed E-state index contributed by atoms with van der Waals surface area (Å²) in [5.74, 6) is -0.526. The highest BCUT2D eigenvalue weighted by Crippen LogP contribution is 2.27. The first kappa shape index (κ1) is 10.8. The van der Waals surface area contributed by atoms with Crippen LogP contribution >= 0.6 is 11.6 Å². The molecule has 2 aromatic rings. The highest BCUT2D eigenvalue weighted by atomic mass is 35.5. The third-order valence-corrected chi connectivity index (χ3v) is 1.93. The van der Waals surface area contributed by atoms with E-state index in [2.05, 4.69) is 9.72 Å². The van der Waals surface area contributed by atoms with E-state index in [9.17, 15) is 13.6 Å². The summed E-state index contributed by atoms with van der Waals surface area (Å²) in [7, 11) is 0. The largest absolute Gasteiger partial charge is 0.433 e. The van der Waals surface area contributed by atoms with E-state index in [4.69, 9.17) is 16.0 Å². The molecular weight excluding hydrogens is 244 g/mol. The third-order valence-electron chi connectivity index (χ3n) is 1.77. The highest BCUT2D eigenvalue weighted by molar-refractivity contribution is 6.67. The lowest BCUT2D eigenvalue weighted by molar-refractivity contribution is -0.0489. The van der Waals surface area contributed by atoms with Crippen LogP contribution in [0.1, 0.15) is 10.7 Å². The van der Waals surface area contributed by atoms with E-state index in [0.29, 0.717) is 0 Å². The van der Waals surface area contributed by atoms with Crippen LogP contribution in [-0.2, 0) is 0 Å². The van der Waals surface area contributed by atoms with Crippen LogP contribution < -0.4 is 4.74 Å². The number of hydrogen-bond acceptors (Lipinski definition) is 4. The van der Waals surface area contributed by atoms with E-state index in [-0.39, 0.29) is 22.7 Å². The van der Waals surface area contributed by atoms with Gasteiger partial charge in [-0.3, -0.25) is 4.79 Å². The smallest absolute Gasteiger partial charge is 0.387 e. The summed E-state index contributed by atoms with van der Waals surface area (Å²) >= 11 is 5.15. The van der Waals surface area contributed by atoms with Gasteiger partial charge in [0.15, 0.2) is 16.8 Å². The van der Waals surface area contributed by atoms with Crippen LogP contribution in [0.3, 0.4) is 0 Å². The first-order chi connectivity index (χ1) is 7.58. The van der Waals surface area contributed by atoms with Crippen molar-refractivity contribution >= 4 is 27.9 Å². The van der Waals surface area contributed by atoms with E-state index >= 15 is 0 Å². The van der Waals surface area contributed by atoms with Crippen LogP contribution in [0.4, 0.5) is 8.78 Å². The molecule has 1 aromatic heterocycles. The number of rotatable bonds is 3. The zero-order chi connectivity index (χ0) is 11.7. The number of fused-ring (bicyclic) bond motifs is 1. The maximum atomic E-state index is 12.0. The SMILES string of the molecule is O=C(Cl)c1nc2c(OC(F)F)cccc2o1. The average molecular weight is 248 g/mol. The zero-order valence-electron chi connectivity index (χ0n) is 7.62. The van der Waals surface area contributed by atoms with Crippen molar-refractivity contribution in [2.45, 2.75) is 6.61 Å². The number of carbonyl (C=O) groups is 1. The fourth-order valence-electron chi connectivity index (χ4n) is 1.20. The predicted molar refractivity (Wildman–Crippen MR) is 50.8 cm³/mol. The Morgan fingerprint density at radius 3 is 2.88 bits per heavy atom. The molecule has 0 N–H and O–H groups in total. The molecule has 2 rings (SSSR count). The number of para-hydroxylation sites is 1. The Labute approximate surface area is 92.8 Å². The topological polar surface area (TPSA) is 52.3 Å². The first-order valence-electron chi connectivity index (χ1n) is 4.12. The van der Waals surface area contributed by atoms with Crippen molar-refractivity contribution in [2.75, 3.05) is 0 Å². The summed E-state index contributed by atoms with van der Waals surface area (Å²) in [5.41, 5.74) is 0.189. The van der Waals surface area contributed by atoms with Gasteiger partial charge in [-0.25, -0.2) is 4.98 Å². The Balaban J connectivity index is 2.54. The molecule has 0 fully saturated rings. The van der Waals surface area contributed by atoms with Crippen LogP contribution in [0, 0.1) is 0 Å². The predicted octanol–water partition coefficient (Wildman–Crippen LogP) is 2.81. The van der Waals surface area contributed by atoms with Crippen molar-refractivity contribution in [2.24, 2.45) is 0 Å². The average Bonchev–Trinajstić information content (AvgIpc) is 2.61. The second-order valence-corrected chi connectivity index (χ2v) is 3.12. The molecule has 4 nitrogen and oxygen atoms in total. The molecule has 16 heavy (non-hydrogen) atoms. The second-order valence-electron chi connectivity index (χ2n) is 2.77. The Hall–Kier alpha value is -1.69. The van der Waals surface area contributed by atoms with E-state index in [1.807, 2.05) is 0 Å². The summed E-state index contributed by atoms with van der Waals surface area (Å²) in [6, 6.07) is 4.19. The zero-order valence-corrected chi connectivity index (χ0v) is 8.37. The number of aromatic nitrogens is 1. The molecule has 0 aliphatic rings. The van der Waals surface area contributed by atoms with Crippen LogP contribution in [0.5, 0.6) is 5.75 Å². The molecule has 0 saturated heterocycles. The van der Waals surface area contributed by atoms with E-state index in [1.54, 1.807) is 0 Å². The number of benzene rings is 1. The normalized spacial score (nSPS) is 11.0. The maximum Gasteiger partial charge on any atom is 0.387 e. The fraction of sp³-hybridized carbons (Fsp3) is 0.111. The van der Waals surface area contributed by atoms with Crippen molar-refractivity contribution in [3.8, 4) is 5.75 Å². The minimum absolute atomic E-state index is 0.0341. The molecule has 0 bridgehead atoms. The summed E-state index contributed by atoms with van der Waals surface area (Å²) in [6.45, 7) is -2.97. The molecule has 0 aliphatic carbocycles. The highest BCUT2D eigenvalue weighted by Gasteiger charge is 2.16. The Kier molecular flexibility index (Phi) is 2.74. The van der Waals surface area contributed by atoms with Gasteiger partial charge in [0.2, 0.25) is 0 Å². The van der Waals surface area contributed by atoms with Crippen LogP contribution in [0.25, 0.3) is 11.1 Å². The van der Waals surface area contributed by atoms with Gasteiger partial charge >= 0.3 is 11.9 Å². The molecule has 0 atom stereocenters. The lowest BCUT2D eigenvalue weighted by Gasteiger charge is -2.02. The Morgan fingerprint density at radius 2 is 2.25 bits per heavy atom. The first-order valence-corrected chi connectivity index (χ1v) is 4.50. The van der Waals surface area contributed by atoms with E-state index in [1.165, 1.54) is 18.2 Å². The van der Waals surface area contributed by atoms with Gasteiger partial charge < -0.3 is 9.15 Å². The van der Waals surface area contributed by atoms with Gasteiger partial charge in [0.25, 0.3) is 5.89 Å². The number of ether oxygens (including phenoxy) is 1. The van der Waals surface area contributed by atoms with E-state index in [0.717, 1.165) is 0 Å². The summed E-state index contributed by atoms with van der Waals surface area (Å²) in [4.78, 5) is 14.4. The third kappa shape index (κ3) is 1.96. The lowest BCUT2D eigenvalue weighted by atomic mass is 10.3. The number of oxazole rings is 1. The maximum absolute atomic E-state index is 12.0. The molecule has 84 valence electrons. The Bertz CT molecular complexity index is 541. The number of hydrogen-bond donors (Lipinski definition) is 0. The number of carbonyl (C=O) groups excluding carboxylic acids is 1. The van der Waals surface area contributed by atoms with Gasteiger partial charge in [0.1, 0.15) is 0 Å². The van der Waals surface area contributed by atoms with Crippen molar-refractivity contribution in [1.82, 2.24) is 4.98 Å². The Morgan fingerprint density at radius 1 is 1.50 bits per heavy atom. The minimum atomic E-state index is -2.97. The molecule has 0 amide bonds. The molecule has 1 heterocycles. The molecule has 1 aromatic carbocycles. The second kappa shape index (κ2) is 4.05. The van der Waals surface area contributed by atoms with E-state index < -0.39 is 11.9 Å². The van der Waals surface area contributed by atoms with Crippen molar-refractivity contribution in [1.29, 1.82) is 0 Å². The monoisotopic (exact) mass is 247 g/mol. The van der Waals surface area contributed by atoms with Crippen LogP contribution in [0.2, 0.25) is 0 Å². The van der Waals surface area contributed by atoms with Gasteiger partial charge in [0, 0.05) is 0 Å². The van der Waals surface area contributed by atoms with Crippen molar-refractivity contribution in [3.05, 3.63) is 24.1 Å². The lowest BCUT2D eigenvalue weighted by Crippen LogP contribution is -2.02. The molecule has 0 saturated carbocycles. The molecular formula is C9H4ClF2NO3. The fourth-order valence-corrected chi connectivity index (χ4v) is 1.28. The van der Waals surface area contributed by atoms with Gasteiger partial charge in [-0.2, -0.15) is 8.78 Å².